The van der Waals surface area contributed by atoms with Gasteiger partial charge in [-0.25, -0.2) is 0 Å². The number of hydrogen-bond donors (Lipinski definition) is 1. The second kappa shape index (κ2) is 6.78. The normalized spacial score (nSPS) is 10.2. The highest BCUT2D eigenvalue weighted by molar-refractivity contribution is 5.93. The Morgan fingerprint density at radius 3 is 2.67 bits per heavy atom. The Hall–Kier alpha value is -1.85. The first-order chi connectivity index (χ1) is 8.56. The van der Waals surface area contributed by atoms with Crippen LogP contribution in [0.15, 0.2) is 10.6 Å². The minimum absolute atomic E-state index is 0.00789. The van der Waals surface area contributed by atoms with E-state index in [0.717, 1.165) is 6.42 Å². The summed E-state index contributed by atoms with van der Waals surface area (Å²) in [7, 11) is 0. The minimum Gasteiger partial charge on any atom is -0.360 e. The van der Waals surface area contributed by atoms with Gasteiger partial charge in [0.1, 0.15) is 5.76 Å². The van der Waals surface area contributed by atoms with E-state index >= 15 is 0 Å². The van der Waals surface area contributed by atoms with Gasteiger partial charge < -0.3 is 14.7 Å². The molecule has 0 aliphatic heterocycles. The van der Waals surface area contributed by atoms with Crippen LogP contribution in [0.25, 0.3) is 0 Å². The van der Waals surface area contributed by atoms with Crippen molar-refractivity contribution >= 4 is 17.6 Å². The number of nitrogens with zero attached hydrogens (tertiary/aromatic N) is 2. The number of hydrogen-bond acceptors (Lipinski definition) is 4. The van der Waals surface area contributed by atoms with E-state index in [1.165, 1.54) is 4.90 Å². The second-order valence-electron chi connectivity index (χ2n) is 4.03. The molecule has 1 aromatic rings. The van der Waals surface area contributed by atoms with E-state index in [1.54, 1.807) is 13.0 Å². The molecule has 18 heavy (non-hydrogen) atoms. The standard InChI is InChI=1S/C12H19N3O3/c1-4-6-12(17)15(5-2)8-11(16)13-10-7-9(3)18-14-10/h7H,4-6,8H2,1-3H3,(H,13,14,16). The molecule has 0 unspecified atom stereocenters. The number of rotatable bonds is 6. The average Bonchev–Trinajstić information content (AvgIpc) is 2.71. The van der Waals surface area contributed by atoms with Crippen molar-refractivity contribution < 1.29 is 14.1 Å². The third-order valence-electron chi connectivity index (χ3n) is 2.43. The van der Waals surface area contributed by atoms with Crippen LogP contribution in [0.4, 0.5) is 5.82 Å². The fourth-order valence-electron chi connectivity index (χ4n) is 1.53. The molecule has 0 bridgehead atoms. The molecule has 1 rings (SSSR count). The molecular formula is C12H19N3O3. The summed E-state index contributed by atoms with van der Waals surface area (Å²) in [6.45, 7) is 6.09. The first-order valence-electron chi connectivity index (χ1n) is 6.07. The van der Waals surface area contributed by atoms with Crippen molar-refractivity contribution in [3.05, 3.63) is 11.8 Å². The van der Waals surface area contributed by atoms with Crippen molar-refractivity contribution in [1.82, 2.24) is 10.1 Å². The van der Waals surface area contributed by atoms with Gasteiger partial charge in [-0.15, -0.1) is 0 Å². The highest BCUT2D eigenvalue weighted by Crippen LogP contribution is 2.07. The molecule has 1 heterocycles. The molecule has 0 aliphatic rings. The number of amides is 2. The SMILES string of the molecule is CCCC(=O)N(CC)CC(=O)Nc1cc(C)on1. The Kier molecular flexibility index (Phi) is 5.35. The van der Waals surface area contributed by atoms with Crippen LogP contribution in [-0.4, -0.2) is 35.0 Å². The fourth-order valence-corrected chi connectivity index (χ4v) is 1.53. The Morgan fingerprint density at radius 2 is 2.17 bits per heavy atom. The summed E-state index contributed by atoms with van der Waals surface area (Å²) in [5, 5.41) is 6.25. The van der Waals surface area contributed by atoms with Gasteiger partial charge >= 0.3 is 0 Å². The highest BCUT2D eigenvalue weighted by atomic mass is 16.5. The molecule has 0 radical (unpaired) electrons. The number of aryl methyl sites for hydroxylation is 1. The maximum absolute atomic E-state index is 11.7. The van der Waals surface area contributed by atoms with Crippen molar-refractivity contribution in [2.24, 2.45) is 0 Å². The Bertz CT molecular complexity index is 414. The van der Waals surface area contributed by atoms with Gasteiger partial charge in [0, 0.05) is 19.0 Å². The molecule has 6 nitrogen and oxygen atoms in total. The van der Waals surface area contributed by atoms with Crippen LogP contribution in [0.1, 0.15) is 32.4 Å². The van der Waals surface area contributed by atoms with Gasteiger partial charge in [-0.1, -0.05) is 12.1 Å². The monoisotopic (exact) mass is 253 g/mol. The molecular weight excluding hydrogens is 234 g/mol. The predicted molar refractivity (Wildman–Crippen MR) is 67.0 cm³/mol. The van der Waals surface area contributed by atoms with Crippen LogP contribution >= 0.6 is 0 Å². The van der Waals surface area contributed by atoms with Gasteiger partial charge in [0.15, 0.2) is 5.82 Å². The van der Waals surface area contributed by atoms with Gasteiger partial charge in [-0.3, -0.25) is 9.59 Å². The lowest BCUT2D eigenvalue weighted by atomic mass is 10.3. The van der Waals surface area contributed by atoms with E-state index < -0.39 is 0 Å². The summed E-state index contributed by atoms with van der Waals surface area (Å²) in [5.41, 5.74) is 0. The van der Waals surface area contributed by atoms with Crippen LogP contribution in [0.3, 0.4) is 0 Å². The lowest BCUT2D eigenvalue weighted by Gasteiger charge is -2.19. The average molecular weight is 253 g/mol. The van der Waals surface area contributed by atoms with Crippen LogP contribution in [-0.2, 0) is 9.59 Å². The first kappa shape index (κ1) is 14.2. The Labute approximate surface area is 106 Å². The zero-order valence-electron chi connectivity index (χ0n) is 11.0. The molecule has 0 fully saturated rings. The lowest BCUT2D eigenvalue weighted by molar-refractivity contribution is -0.134. The summed E-state index contributed by atoms with van der Waals surface area (Å²) >= 11 is 0. The summed E-state index contributed by atoms with van der Waals surface area (Å²) in [4.78, 5) is 24.9. The molecule has 2 amide bonds. The topological polar surface area (TPSA) is 75.4 Å². The molecule has 1 N–H and O–H groups in total. The summed E-state index contributed by atoms with van der Waals surface area (Å²) < 4.78 is 4.84. The van der Waals surface area contributed by atoms with E-state index in [0.29, 0.717) is 24.5 Å². The lowest BCUT2D eigenvalue weighted by Crippen LogP contribution is -2.37. The molecule has 0 saturated carbocycles. The number of aromatic nitrogens is 1. The van der Waals surface area contributed by atoms with Gasteiger partial charge in [0.2, 0.25) is 11.8 Å². The number of nitrogens with one attached hydrogen (secondary N) is 1. The summed E-state index contributed by atoms with van der Waals surface area (Å²) in [5.74, 6) is 0.720. The molecule has 0 aliphatic carbocycles. The van der Waals surface area contributed by atoms with Gasteiger partial charge in [-0.2, -0.15) is 0 Å². The van der Waals surface area contributed by atoms with Crippen molar-refractivity contribution in [3.8, 4) is 0 Å². The first-order valence-corrected chi connectivity index (χ1v) is 6.07. The zero-order valence-corrected chi connectivity index (χ0v) is 11.0. The predicted octanol–water partition coefficient (Wildman–Crippen LogP) is 1.57. The van der Waals surface area contributed by atoms with Crippen molar-refractivity contribution in [3.63, 3.8) is 0 Å². The number of carbonyl (C=O) groups excluding carboxylic acids is 2. The second-order valence-corrected chi connectivity index (χ2v) is 4.03. The number of likely N-dealkylation sites (N-methyl/N-ethyl adjacent to an activating group) is 1. The van der Waals surface area contributed by atoms with E-state index in [4.69, 9.17) is 4.52 Å². The smallest absolute Gasteiger partial charge is 0.245 e. The maximum Gasteiger partial charge on any atom is 0.245 e. The molecule has 1 aromatic heterocycles. The Balaban J connectivity index is 2.49. The molecule has 0 saturated heterocycles. The largest absolute Gasteiger partial charge is 0.360 e. The van der Waals surface area contributed by atoms with E-state index in [-0.39, 0.29) is 18.4 Å². The number of anilines is 1. The van der Waals surface area contributed by atoms with E-state index in [1.807, 2.05) is 13.8 Å². The zero-order chi connectivity index (χ0) is 13.5. The molecule has 0 atom stereocenters. The summed E-state index contributed by atoms with van der Waals surface area (Å²) in [6, 6.07) is 1.63. The van der Waals surface area contributed by atoms with E-state index in [9.17, 15) is 9.59 Å². The van der Waals surface area contributed by atoms with Crippen molar-refractivity contribution in [2.45, 2.75) is 33.6 Å². The third-order valence-corrected chi connectivity index (χ3v) is 2.43. The van der Waals surface area contributed by atoms with E-state index in [2.05, 4.69) is 10.5 Å². The van der Waals surface area contributed by atoms with Gasteiger partial charge in [0.25, 0.3) is 0 Å². The Morgan fingerprint density at radius 1 is 1.44 bits per heavy atom. The van der Waals surface area contributed by atoms with Crippen LogP contribution < -0.4 is 5.32 Å². The molecule has 6 heteroatoms. The van der Waals surface area contributed by atoms with Crippen molar-refractivity contribution in [2.75, 3.05) is 18.4 Å². The van der Waals surface area contributed by atoms with Gasteiger partial charge in [-0.05, 0) is 20.3 Å². The number of carbonyl (C=O) groups is 2. The molecule has 0 spiro atoms. The minimum atomic E-state index is -0.269. The van der Waals surface area contributed by atoms with Crippen LogP contribution in [0.5, 0.6) is 0 Å². The molecule has 0 aromatic carbocycles. The van der Waals surface area contributed by atoms with Crippen LogP contribution in [0.2, 0.25) is 0 Å². The van der Waals surface area contributed by atoms with Gasteiger partial charge in [0.05, 0.1) is 6.54 Å². The quantitative estimate of drug-likeness (QED) is 0.835. The van der Waals surface area contributed by atoms with Crippen molar-refractivity contribution in [1.29, 1.82) is 0 Å². The highest BCUT2D eigenvalue weighted by Gasteiger charge is 2.15. The maximum atomic E-state index is 11.7. The fraction of sp³-hybridized carbons (Fsp3) is 0.583. The van der Waals surface area contributed by atoms with Crippen LogP contribution in [0, 0.1) is 6.92 Å². The molecule has 100 valence electrons. The summed E-state index contributed by atoms with van der Waals surface area (Å²) in [6.07, 6.45) is 1.24. The third kappa shape index (κ3) is 4.20.